The molecule has 4 rings (SSSR count). The molecule has 0 aliphatic carbocycles. The second-order valence-corrected chi connectivity index (χ2v) is 12.0. The lowest BCUT2D eigenvalue weighted by Gasteiger charge is -2.16. The van der Waals surface area contributed by atoms with Gasteiger partial charge in [0.05, 0.1) is 16.0 Å². The number of benzene rings is 3. The summed E-state index contributed by atoms with van der Waals surface area (Å²) in [6.07, 6.45) is 1.71. The van der Waals surface area contributed by atoms with Gasteiger partial charge in [-0.1, -0.05) is 55.8 Å². The number of nitrogens with zero attached hydrogens (tertiary/aromatic N) is 1. The van der Waals surface area contributed by atoms with E-state index >= 15 is 0 Å². The predicted molar refractivity (Wildman–Crippen MR) is 160 cm³/mol. The summed E-state index contributed by atoms with van der Waals surface area (Å²) in [5.41, 5.74) is 4.72. The first-order chi connectivity index (χ1) is 17.7. The zero-order chi connectivity index (χ0) is 26.5. The molecule has 1 fully saturated rings. The number of rotatable bonds is 8. The van der Waals surface area contributed by atoms with Crippen molar-refractivity contribution >= 4 is 94.0 Å². The number of amides is 2. The smallest absolute Gasteiger partial charge is 0.285 e. The third kappa shape index (κ3) is 7.02. The number of carbonyl (C=O) groups is 2. The molecule has 1 aliphatic rings. The predicted octanol–water partition coefficient (Wildman–Crippen LogP) is 7.50. The van der Waals surface area contributed by atoms with E-state index < -0.39 is 11.8 Å². The Morgan fingerprint density at radius 2 is 1.68 bits per heavy atom. The summed E-state index contributed by atoms with van der Waals surface area (Å²) in [7, 11) is 0. The third-order valence-corrected chi connectivity index (χ3v) is 7.99. The Bertz CT molecular complexity index is 1380. The number of hydrogen-bond donors (Lipinski definition) is 1. The quantitative estimate of drug-likeness (QED) is 0.192. The fourth-order valence-electron chi connectivity index (χ4n) is 3.29. The van der Waals surface area contributed by atoms with Crippen LogP contribution in [0.2, 0.25) is 0 Å². The summed E-state index contributed by atoms with van der Waals surface area (Å²) >= 11 is 16.8. The first-order valence-corrected chi connectivity index (χ1v) is 14.5. The molecule has 11 heteroatoms. The lowest BCUT2D eigenvalue weighted by Crippen LogP contribution is -2.44. The fraction of sp³-hybridized carbons (Fsp3) is 0.115. The average Bonchev–Trinajstić information content (AvgIpc) is 3.12. The Labute approximate surface area is 249 Å². The Morgan fingerprint density at radius 3 is 2.32 bits per heavy atom. The summed E-state index contributed by atoms with van der Waals surface area (Å²) < 4.78 is 14.7. The number of thiocarbonyl (C=S) groups is 1. The Kier molecular flexibility index (Phi) is 9.46. The van der Waals surface area contributed by atoms with Crippen LogP contribution in [0.25, 0.3) is 6.08 Å². The van der Waals surface area contributed by atoms with Gasteiger partial charge in [0.1, 0.15) is 6.61 Å². The second kappa shape index (κ2) is 12.6. The minimum Gasteiger partial charge on any atom is -0.490 e. The molecule has 0 unspecified atom stereocenters. The van der Waals surface area contributed by atoms with Crippen LogP contribution in [0, 0.1) is 0 Å². The van der Waals surface area contributed by atoms with Crippen molar-refractivity contribution in [1.82, 2.24) is 10.4 Å². The molecule has 0 bridgehead atoms. The van der Waals surface area contributed by atoms with E-state index in [-0.39, 0.29) is 4.32 Å². The molecule has 1 saturated heterocycles. The number of hydrogen-bond acceptors (Lipinski definition) is 6. The van der Waals surface area contributed by atoms with Crippen LogP contribution < -0.4 is 14.9 Å². The highest BCUT2D eigenvalue weighted by Gasteiger charge is 2.34. The van der Waals surface area contributed by atoms with E-state index in [1.807, 2.05) is 37.3 Å². The van der Waals surface area contributed by atoms with Crippen molar-refractivity contribution in [3.63, 3.8) is 0 Å². The van der Waals surface area contributed by atoms with E-state index in [1.165, 1.54) is 0 Å². The number of ether oxygens (including phenoxy) is 2. The van der Waals surface area contributed by atoms with Crippen molar-refractivity contribution in [3.8, 4) is 11.5 Å². The molecule has 0 radical (unpaired) electrons. The summed E-state index contributed by atoms with van der Waals surface area (Å²) in [4.78, 5) is 26.0. The maximum atomic E-state index is 13.0. The minimum atomic E-state index is -0.432. The molecule has 0 saturated carbocycles. The van der Waals surface area contributed by atoms with E-state index in [1.54, 1.807) is 36.4 Å². The molecule has 0 atom stereocenters. The molecule has 0 spiro atoms. The van der Waals surface area contributed by atoms with Crippen molar-refractivity contribution in [3.05, 3.63) is 95.7 Å². The maximum absolute atomic E-state index is 13.0. The molecule has 3 aromatic carbocycles. The first kappa shape index (κ1) is 27.8. The van der Waals surface area contributed by atoms with E-state index in [9.17, 15) is 9.59 Å². The molecule has 190 valence electrons. The van der Waals surface area contributed by atoms with Crippen LogP contribution in [0.4, 0.5) is 0 Å². The van der Waals surface area contributed by atoms with E-state index in [0.29, 0.717) is 45.2 Å². The largest absolute Gasteiger partial charge is 0.490 e. The van der Waals surface area contributed by atoms with Gasteiger partial charge in [-0.05, 0) is 101 Å². The zero-order valence-corrected chi connectivity index (χ0v) is 25.7. The lowest BCUT2D eigenvalue weighted by atomic mass is 10.1. The molecular formula is C26H19Br3N2O4S2. The van der Waals surface area contributed by atoms with Gasteiger partial charge in [0.25, 0.3) is 11.8 Å². The molecular weight excluding hydrogens is 708 g/mol. The highest BCUT2D eigenvalue weighted by molar-refractivity contribution is 9.11. The summed E-state index contributed by atoms with van der Waals surface area (Å²) in [5, 5.41) is 1.09. The third-order valence-electron chi connectivity index (χ3n) is 5.04. The van der Waals surface area contributed by atoms with Crippen LogP contribution in [0.3, 0.4) is 0 Å². The van der Waals surface area contributed by atoms with Gasteiger partial charge in [0, 0.05) is 14.5 Å². The molecule has 3 aromatic rings. The van der Waals surface area contributed by atoms with Crippen LogP contribution in [0.1, 0.15) is 28.4 Å². The highest BCUT2D eigenvalue weighted by atomic mass is 79.9. The SMILES string of the molecule is CCOc1cc(/C=C2/SC(=S)N(NC(=O)c3ccc(Br)cc3)C2=O)cc(Br)c1OCc1ccc(Br)cc1. The van der Waals surface area contributed by atoms with Crippen molar-refractivity contribution < 1.29 is 19.1 Å². The van der Waals surface area contributed by atoms with Crippen molar-refractivity contribution in [1.29, 1.82) is 0 Å². The van der Waals surface area contributed by atoms with Gasteiger partial charge in [-0.15, -0.1) is 0 Å². The Morgan fingerprint density at radius 1 is 1.03 bits per heavy atom. The summed E-state index contributed by atoms with van der Waals surface area (Å²) in [5.74, 6) is 0.263. The van der Waals surface area contributed by atoms with E-state index in [0.717, 1.165) is 31.3 Å². The zero-order valence-electron chi connectivity index (χ0n) is 19.3. The van der Waals surface area contributed by atoms with Gasteiger partial charge >= 0.3 is 0 Å². The Hall–Kier alpha value is -2.18. The van der Waals surface area contributed by atoms with Crippen molar-refractivity contribution in [2.75, 3.05) is 6.61 Å². The van der Waals surface area contributed by atoms with Crippen LogP contribution >= 0.6 is 71.8 Å². The van der Waals surface area contributed by atoms with Gasteiger partial charge < -0.3 is 9.47 Å². The van der Waals surface area contributed by atoms with Crippen LogP contribution in [-0.4, -0.2) is 27.8 Å². The molecule has 0 aromatic heterocycles. The topological polar surface area (TPSA) is 67.9 Å². The van der Waals surface area contributed by atoms with Gasteiger partial charge in [-0.3, -0.25) is 15.0 Å². The van der Waals surface area contributed by atoms with Crippen molar-refractivity contribution in [2.24, 2.45) is 0 Å². The molecule has 2 amide bonds. The molecule has 1 N–H and O–H groups in total. The van der Waals surface area contributed by atoms with Gasteiger partial charge in [-0.2, -0.15) is 5.01 Å². The number of thioether (sulfide) groups is 1. The van der Waals surface area contributed by atoms with Gasteiger partial charge in [-0.25, -0.2) is 0 Å². The van der Waals surface area contributed by atoms with Crippen LogP contribution in [-0.2, 0) is 11.4 Å². The summed E-state index contributed by atoms with van der Waals surface area (Å²) in [6.45, 7) is 2.69. The van der Waals surface area contributed by atoms with E-state index in [2.05, 4.69) is 53.2 Å². The normalized spacial score (nSPS) is 14.3. The Balaban J connectivity index is 1.52. The van der Waals surface area contributed by atoms with E-state index in [4.69, 9.17) is 21.7 Å². The maximum Gasteiger partial charge on any atom is 0.285 e. The second-order valence-electron chi connectivity index (χ2n) is 7.64. The number of nitrogens with one attached hydrogen (secondary N) is 1. The van der Waals surface area contributed by atoms with Crippen molar-refractivity contribution in [2.45, 2.75) is 13.5 Å². The standard InChI is InChI=1S/C26H19Br3N2O4S2/c1-2-34-21-12-16(11-20(29)23(21)35-14-15-3-7-18(27)8-4-15)13-22-25(33)31(26(36)37-22)30-24(32)17-5-9-19(28)10-6-17/h3-13H,2,14H2,1H3,(H,30,32)/b22-13+. The average molecular weight is 727 g/mol. The molecule has 1 aliphatic heterocycles. The number of carbonyl (C=O) groups excluding carboxylic acids is 2. The molecule has 6 nitrogen and oxygen atoms in total. The molecule has 1 heterocycles. The lowest BCUT2D eigenvalue weighted by molar-refractivity contribution is -0.123. The highest BCUT2D eigenvalue weighted by Crippen LogP contribution is 2.39. The van der Waals surface area contributed by atoms with Crippen LogP contribution in [0.5, 0.6) is 11.5 Å². The number of hydrazine groups is 1. The molecule has 37 heavy (non-hydrogen) atoms. The monoisotopic (exact) mass is 724 g/mol. The minimum absolute atomic E-state index is 0.236. The van der Waals surface area contributed by atoms with Gasteiger partial charge in [0.15, 0.2) is 15.8 Å². The van der Waals surface area contributed by atoms with Gasteiger partial charge in [0.2, 0.25) is 0 Å². The first-order valence-electron chi connectivity index (χ1n) is 10.9. The van der Waals surface area contributed by atoms with Crippen LogP contribution in [0.15, 0.2) is 79.0 Å². The summed E-state index contributed by atoms with van der Waals surface area (Å²) in [6, 6.07) is 18.3. The number of halogens is 3. The fourth-order valence-corrected chi connectivity index (χ4v) is 5.58.